The van der Waals surface area contributed by atoms with Crippen molar-refractivity contribution < 1.29 is 0 Å². The van der Waals surface area contributed by atoms with E-state index < -0.39 is 0 Å². The molecule has 2 aromatic rings. The van der Waals surface area contributed by atoms with Crippen molar-refractivity contribution >= 4 is 23.4 Å². The molecule has 0 amide bonds. The summed E-state index contributed by atoms with van der Waals surface area (Å²) in [5.41, 5.74) is 2.00. The highest BCUT2D eigenvalue weighted by molar-refractivity contribution is 7.71. The van der Waals surface area contributed by atoms with E-state index in [0.717, 1.165) is 34.8 Å². The lowest BCUT2D eigenvalue weighted by Crippen LogP contribution is -2.00. The Balaban J connectivity index is 2.08. The van der Waals surface area contributed by atoms with Gasteiger partial charge in [0.05, 0.1) is 5.52 Å². The molecule has 1 N–H and O–H groups in total. The third-order valence-electron chi connectivity index (χ3n) is 2.94. The average molecular weight is 249 g/mol. The van der Waals surface area contributed by atoms with Crippen LogP contribution >= 0.6 is 12.2 Å². The number of aromatic nitrogens is 3. The van der Waals surface area contributed by atoms with Crippen LogP contribution < -0.4 is 0 Å². The van der Waals surface area contributed by atoms with E-state index in [1.54, 1.807) is 0 Å². The van der Waals surface area contributed by atoms with Gasteiger partial charge in [0.25, 0.3) is 0 Å². The van der Waals surface area contributed by atoms with Crippen LogP contribution in [0.2, 0.25) is 0 Å². The Hall–Kier alpha value is -1.16. The van der Waals surface area contributed by atoms with Crippen molar-refractivity contribution in [2.75, 3.05) is 0 Å². The molecule has 0 aliphatic carbocycles. The molecule has 0 atom stereocenters. The largest absolute Gasteiger partial charge is 0.329 e. The summed E-state index contributed by atoms with van der Waals surface area (Å²) in [6, 6.07) is 3.94. The number of fused-ring (bicyclic) bond motifs is 1. The molecule has 92 valence electrons. The molecule has 0 unspecified atom stereocenters. The molecule has 2 aromatic heterocycles. The maximum atomic E-state index is 5.32. The SMILES string of the molecule is CC(C)CCCCn1c(=S)[nH]c2cccnc21. The fourth-order valence-corrected chi connectivity index (χ4v) is 2.31. The van der Waals surface area contributed by atoms with Crippen LogP contribution in [0.5, 0.6) is 0 Å². The third kappa shape index (κ3) is 2.94. The molecule has 4 heteroatoms. The molecule has 0 bridgehead atoms. The second kappa shape index (κ2) is 5.45. The number of nitrogens with one attached hydrogen (secondary N) is 1. The monoisotopic (exact) mass is 249 g/mol. The number of hydrogen-bond donors (Lipinski definition) is 1. The van der Waals surface area contributed by atoms with Crippen molar-refractivity contribution in [3.8, 4) is 0 Å². The van der Waals surface area contributed by atoms with E-state index in [2.05, 4.69) is 28.4 Å². The van der Waals surface area contributed by atoms with Crippen LogP contribution in [0.25, 0.3) is 11.2 Å². The second-order valence-electron chi connectivity index (χ2n) is 4.85. The van der Waals surface area contributed by atoms with Gasteiger partial charge < -0.3 is 9.55 Å². The summed E-state index contributed by atoms with van der Waals surface area (Å²) in [7, 11) is 0. The van der Waals surface area contributed by atoms with E-state index in [1.807, 2.05) is 18.3 Å². The van der Waals surface area contributed by atoms with Gasteiger partial charge >= 0.3 is 0 Å². The van der Waals surface area contributed by atoms with Crippen molar-refractivity contribution in [2.24, 2.45) is 5.92 Å². The molecule has 0 aliphatic heterocycles. The number of pyridine rings is 1. The zero-order valence-corrected chi connectivity index (χ0v) is 11.3. The number of aryl methyl sites for hydroxylation is 1. The summed E-state index contributed by atoms with van der Waals surface area (Å²) in [6.45, 7) is 5.49. The van der Waals surface area contributed by atoms with Crippen molar-refractivity contribution in [3.05, 3.63) is 23.1 Å². The van der Waals surface area contributed by atoms with Gasteiger partial charge in [0, 0.05) is 12.7 Å². The molecule has 2 heterocycles. The van der Waals surface area contributed by atoms with Crippen molar-refractivity contribution in [2.45, 2.75) is 39.7 Å². The predicted octanol–water partition coefficient (Wildman–Crippen LogP) is 3.92. The summed E-state index contributed by atoms with van der Waals surface area (Å²) >= 11 is 5.32. The molecule has 3 nitrogen and oxygen atoms in total. The fraction of sp³-hybridized carbons (Fsp3) is 0.538. The Morgan fingerprint density at radius 2 is 2.24 bits per heavy atom. The van der Waals surface area contributed by atoms with E-state index >= 15 is 0 Å². The first kappa shape index (κ1) is 12.3. The predicted molar refractivity (Wildman–Crippen MR) is 73.6 cm³/mol. The summed E-state index contributed by atoms with van der Waals surface area (Å²) in [5.74, 6) is 0.782. The molecule has 0 spiro atoms. The standard InChI is InChI=1S/C13H19N3S/c1-10(2)6-3-4-9-16-12-11(15-13(16)17)7-5-8-14-12/h5,7-8,10H,3-4,6,9H2,1-2H3,(H,15,17). The van der Waals surface area contributed by atoms with Crippen LogP contribution in [0.1, 0.15) is 33.1 Å². The number of rotatable bonds is 5. The van der Waals surface area contributed by atoms with E-state index in [9.17, 15) is 0 Å². The Kier molecular flexibility index (Phi) is 3.94. The first-order valence-electron chi connectivity index (χ1n) is 6.22. The minimum Gasteiger partial charge on any atom is -0.329 e. The zero-order valence-electron chi connectivity index (χ0n) is 10.4. The fourth-order valence-electron chi connectivity index (χ4n) is 2.02. The van der Waals surface area contributed by atoms with E-state index in [-0.39, 0.29) is 0 Å². The van der Waals surface area contributed by atoms with Crippen LogP contribution in [0.3, 0.4) is 0 Å². The highest BCUT2D eigenvalue weighted by Crippen LogP contribution is 2.13. The lowest BCUT2D eigenvalue weighted by atomic mass is 10.1. The maximum Gasteiger partial charge on any atom is 0.179 e. The topological polar surface area (TPSA) is 33.6 Å². The van der Waals surface area contributed by atoms with Crippen LogP contribution in [0.4, 0.5) is 0 Å². The molecule has 2 rings (SSSR count). The van der Waals surface area contributed by atoms with Gasteiger partial charge in [-0.15, -0.1) is 0 Å². The maximum absolute atomic E-state index is 5.32. The normalized spacial score (nSPS) is 11.5. The lowest BCUT2D eigenvalue weighted by Gasteiger charge is -2.05. The van der Waals surface area contributed by atoms with Crippen molar-refractivity contribution in [3.63, 3.8) is 0 Å². The second-order valence-corrected chi connectivity index (χ2v) is 5.23. The van der Waals surface area contributed by atoms with E-state index in [4.69, 9.17) is 12.2 Å². The first-order chi connectivity index (χ1) is 8.18. The molecule has 0 aliphatic rings. The average Bonchev–Trinajstić information content (AvgIpc) is 2.60. The van der Waals surface area contributed by atoms with Crippen LogP contribution in [0, 0.1) is 10.7 Å². The Morgan fingerprint density at radius 1 is 1.41 bits per heavy atom. The highest BCUT2D eigenvalue weighted by Gasteiger charge is 2.04. The molecule has 0 fully saturated rings. The Morgan fingerprint density at radius 3 is 3.00 bits per heavy atom. The summed E-state index contributed by atoms with van der Waals surface area (Å²) in [4.78, 5) is 7.57. The number of imidazole rings is 1. The minimum absolute atomic E-state index is 0.781. The zero-order chi connectivity index (χ0) is 12.3. The van der Waals surface area contributed by atoms with E-state index in [1.165, 1.54) is 12.8 Å². The number of aromatic amines is 1. The minimum atomic E-state index is 0.781. The summed E-state index contributed by atoms with van der Waals surface area (Å²) < 4.78 is 2.88. The third-order valence-corrected chi connectivity index (χ3v) is 3.26. The smallest absolute Gasteiger partial charge is 0.179 e. The van der Waals surface area contributed by atoms with Crippen molar-refractivity contribution in [1.29, 1.82) is 0 Å². The highest BCUT2D eigenvalue weighted by atomic mass is 32.1. The number of hydrogen-bond acceptors (Lipinski definition) is 2. The Bertz CT molecular complexity index is 539. The summed E-state index contributed by atoms with van der Waals surface area (Å²) in [6.07, 6.45) is 5.51. The Labute approximate surface area is 107 Å². The molecule has 0 saturated heterocycles. The first-order valence-corrected chi connectivity index (χ1v) is 6.63. The van der Waals surface area contributed by atoms with Gasteiger partial charge in [-0.25, -0.2) is 4.98 Å². The van der Waals surface area contributed by atoms with Gasteiger partial charge in [-0.2, -0.15) is 0 Å². The van der Waals surface area contributed by atoms with Gasteiger partial charge in [-0.1, -0.05) is 26.7 Å². The molecular formula is C13H19N3S. The van der Waals surface area contributed by atoms with Gasteiger partial charge in [-0.3, -0.25) is 0 Å². The quantitative estimate of drug-likeness (QED) is 0.643. The van der Waals surface area contributed by atoms with Gasteiger partial charge in [0.15, 0.2) is 10.4 Å². The van der Waals surface area contributed by atoms with Crippen LogP contribution in [-0.4, -0.2) is 14.5 Å². The molecular weight excluding hydrogens is 230 g/mol. The van der Waals surface area contributed by atoms with Gasteiger partial charge in [-0.05, 0) is 36.7 Å². The van der Waals surface area contributed by atoms with Crippen LogP contribution in [-0.2, 0) is 6.54 Å². The van der Waals surface area contributed by atoms with Crippen LogP contribution in [0.15, 0.2) is 18.3 Å². The lowest BCUT2D eigenvalue weighted by molar-refractivity contribution is 0.510. The number of H-pyrrole nitrogens is 1. The van der Waals surface area contributed by atoms with Crippen molar-refractivity contribution in [1.82, 2.24) is 14.5 Å². The molecule has 0 saturated carbocycles. The summed E-state index contributed by atoms with van der Waals surface area (Å²) in [5, 5.41) is 0. The van der Waals surface area contributed by atoms with E-state index in [0.29, 0.717) is 0 Å². The van der Waals surface area contributed by atoms with Gasteiger partial charge in [0.1, 0.15) is 0 Å². The molecule has 17 heavy (non-hydrogen) atoms. The number of unbranched alkanes of at least 4 members (excludes halogenated alkanes) is 1. The number of nitrogens with zero attached hydrogens (tertiary/aromatic N) is 2. The molecule has 0 radical (unpaired) electrons. The van der Waals surface area contributed by atoms with Gasteiger partial charge in [0.2, 0.25) is 0 Å². The molecule has 0 aromatic carbocycles.